The minimum Gasteiger partial charge on any atom is -0.494 e. The monoisotopic (exact) mass is 369 g/mol. The number of anilines is 1. The molecular formula is C21H27N3O3. The highest BCUT2D eigenvalue weighted by Crippen LogP contribution is 2.18. The molecule has 6 nitrogen and oxygen atoms in total. The molecule has 0 bridgehead atoms. The Morgan fingerprint density at radius 1 is 1.19 bits per heavy atom. The average Bonchev–Trinajstić information content (AvgIpc) is 2.72. The van der Waals surface area contributed by atoms with Crippen molar-refractivity contribution in [1.82, 2.24) is 10.3 Å². The molecule has 3 rings (SSSR count). The van der Waals surface area contributed by atoms with Crippen molar-refractivity contribution in [2.75, 3.05) is 44.4 Å². The number of aromatic nitrogens is 1. The van der Waals surface area contributed by atoms with Gasteiger partial charge in [0.15, 0.2) is 0 Å². The highest BCUT2D eigenvalue weighted by molar-refractivity contribution is 5.98. The first-order chi connectivity index (χ1) is 13.2. The average molecular weight is 369 g/mol. The number of pyridine rings is 1. The van der Waals surface area contributed by atoms with Crippen LogP contribution in [0, 0.1) is 6.92 Å². The first kappa shape index (κ1) is 19.2. The van der Waals surface area contributed by atoms with E-state index in [0.717, 1.165) is 37.5 Å². The van der Waals surface area contributed by atoms with Crippen LogP contribution in [0.1, 0.15) is 28.8 Å². The smallest absolute Gasteiger partial charge is 0.255 e. The van der Waals surface area contributed by atoms with Gasteiger partial charge in [0.2, 0.25) is 0 Å². The number of benzene rings is 1. The van der Waals surface area contributed by atoms with E-state index in [1.54, 1.807) is 12.3 Å². The number of morpholine rings is 1. The fraction of sp³-hybridized carbons (Fsp3) is 0.429. The number of rotatable bonds is 8. The van der Waals surface area contributed by atoms with Gasteiger partial charge in [0, 0.05) is 25.8 Å². The van der Waals surface area contributed by atoms with Crippen molar-refractivity contribution in [3.63, 3.8) is 0 Å². The van der Waals surface area contributed by atoms with Crippen LogP contribution in [-0.4, -0.2) is 50.3 Å². The number of nitrogens with zero attached hydrogens (tertiary/aromatic N) is 2. The van der Waals surface area contributed by atoms with Crippen LogP contribution in [-0.2, 0) is 4.74 Å². The fourth-order valence-corrected chi connectivity index (χ4v) is 2.95. The number of hydrogen-bond acceptors (Lipinski definition) is 5. The summed E-state index contributed by atoms with van der Waals surface area (Å²) in [5.74, 6) is 1.54. The van der Waals surface area contributed by atoms with Gasteiger partial charge in [-0.2, -0.15) is 0 Å². The lowest BCUT2D eigenvalue weighted by Gasteiger charge is -2.29. The van der Waals surface area contributed by atoms with E-state index >= 15 is 0 Å². The van der Waals surface area contributed by atoms with Gasteiger partial charge in [-0.1, -0.05) is 17.7 Å². The molecule has 1 aliphatic heterocycles. The normalized spacial score (nSPS) is 14.0. The SMILES string of the molecule is Cc1ccc(OCCCCNC(=O)c2cccnc2N2CCOCC2)cc1. The standard InChI is InChI=1S/C21H27N3O3/c1-17-6-8-18(9-7-17)27-14-3-2-10-23-21(25)19-5-4-11-22-20(19)24-12-15-26-16-13-24/h4-9,11H,2-3,10,12-16H2,1H3,(H,23,25). The molecule has 1 aliphatic rings. The molecular weight excluding hydrogens is 342 g/mol. The van der Waals surface area contributed by atoms with Gasteiger partial charge in [-0.25, -0.2) is 4.98 Å². The Kier molecular flexibility index (Phi) is 7.04. The molecule has 1 fully saturated rings. The predicted molar refractivity (Wildman–Crippen MR) is 106 cm³/mol. The van der Waals surface area contributed by atoms with Crippen molar-refractivity contribution in [2.24, 2.45) is 0 Å². The summed E-state index contributed by atoms with van der Waals surface area (Å²) in [5.41, 5.74) is 1.84. The number of aryl methyl sites for hydroxylation is 1. The number of amides is 1. The zero-order chi connectivity index (χ0) is 18.9. The van der Waals surface area contributed by atoms with Crippen molar-refractivity contribution >= 4 is 11.7 Å². The van der Waals surface area contributed by atoms with E-state index in [4.69, 9.17) is 9.47 Å². The second kappa shape index (κ2) is 9.92. The third kappa shape index (κ3) is 5.69. The summed E-state index contributed by atoms with van der Waals surface area (Å²) in [6, 6.07) is 11.7. The first-order valence-corrected chi connectivity index (χ1v) is 9.49. The van der Waals surface area contributed by atoms with Gasteiger partial charge < -0.3 is 19.7 Å². The molecule has 1 amide bonds. The van der Waals surface area contributed by atoms with Crippen molar-refractivity contribution < 1.29 is 14.3 Å². The first-order valence-electron chi connectivity index (χ1n) is 9.49. The molecule has 6 heteroatoms. The van der Waals surface area contributed by atoms with E-state index in [1.165, 1.54) is 5.56 Å². The maximum Gasteiger partial charge on any atom is 0.255 e. The van der Waals surface area contributed by atoms with Gasteiger partial charge >= 0.3 is 0 Å². The van der Waals surface area contributed by atoms with Gasteiger partial charge in [0.25, 0.3) is 5.91 Å². The van der Waals surface area contributed by atoms with Crippen LogP contribution in [0.15, 0.2) is 42.6 Å². The maximum absolute atomic E-state index is 12.6. The lowest BCUT2D eigenvalue weighted by atomic mass is 10.2. The van der Waals surface area contributed by atoms with E-state index in [2.05, 4.69) is 22.1 Å². The van der Waals surface area contributed by atoms with Gasteiger partial charge in [-0.15, -0.1) is 0 Å². The summed E-state index contributed by atoms with van der Waals surface area (Å²) in [4.78, 5) is 19.1. The van der Waals surface area contributed by atoms with Crippen LogP contribution < -0.4 is 15.0 Å². The van der Waals surface area contributed by atoms with Crippen molar-refractivity contribution in [3.8, 4) is 5.75 Å². The molecule has 0 spiro atoms. The summed E-state index contributed by atoms with van der Waals surface area (Å²) in [6.07, 6.45) is 3.48. The number of ether oxygens (including phenoxy) is 2. The Balaban J connectivity index is 1.41. The van der Waals surface area contributed by atoms with Gasteiger partial charge in [-0.3, -0.25) is 4.79 Å². The Bertz CT molecular complexity index is 728. The molecule has 1 aromatic carbocycles. The van der Waals surface area contributed by atoms with E-state index in [-0.39, 0.29) is 5.91 Å². The zero-order valence-electron chi connectivity index (χ0n) is 15.8. The Morgan fingerprint density at radius 3 is 2.74 bits per heavy atom. The number of unbranched alkanes of at least 4 members (excludes halogenated alkanes) is 1. The topological polar surface area (TPSA) is 63.7 Å². The van der Waals surface area contributed by atoms with Crippen LogP contribution in [0.5, 0.6) is 5.75 Å². The Labute approximate surface area is 160 Å². The minimum atomic E-state index is -0.0796. The van der Waals surface area contributed by atoms with Gasteiger partial charge in [0.05, 0.1) is 25.4 Å². The summed E-state index contributed by atoms with van der Waals surface area (Å²) < 4.78 is 11.1. The third-order valence-electron chi connectivity index (χ3n) is 4.49. The lowest BCUT2D eigenvalue weighted by Crippen LogP contribution is -2.38. The molecule has 144 valence electrons. The Morgan fingerprint density at radius 2 is 1.96 bits per heavy atom. The molecule has 27 heavy (non-hydrogen) atoms. The van der Waals surface area contributed by atoms with Crippen LogP contribution in [0.4, 0.5) is 5.82 Å². The number of nitrogens with one attached hydrogen (secondary N) is 1. The van der Waals surface area contributed by atoms with Crippen molar-refractivity contribution in [3.05, 3.63) is 53.7 Å². The molecule has 1 aromatic heterocycles. The quantitative estimate of drug-likeness (QED) is 0.725. The molecule has 0 unspecified atom stereocenters. The van der Waals surface area contributed by atoms with E-state index in [0.29, 0.717) is 31.9 Å². The molecule has 2 heterocycles. The second-order valence-electron chi connectivity index (χ2n) is 6.60. The molecule has 1 N–H and O–H groups in total. The van der Waals surface area contributed by atoms with E-state index in [1.807, 2.05) is 30.3 Å². The van der Waals surface area contributed by atoms with Crippen LogP contribution in [0.3, 0.4) is 0 Å². The maximum atomic E-state index is 12.6. The van der Waals surface area contributed by atoms with E-state index < -0.39 is 0 Å². The summed E-state index contributed by atoms with van der Waals surface area (Å²) in [7, 11) is 0. The molecule has 1 saturated heterocycles. The zero-order valence-corrected chi connectivity index (χ0v) is 15.8. The molecule has 0 aliphatic carbocycles. The molecule has 0 atom stereocenters. The second-order valence-corrected chi connectivity index (χ2v) is 6.60. The number of hydrogen-bond donors (Lipinski definition) is 1. The van der Waals surface area contributed by atoms with Crippen molar-refractivity contribution in [1.29, 1.82) is 0 Å². The molecule has 0 saturated carbocycles. The third-order valence-corrected chi connectivity index (χ3v) is 4.49. The van der Waals surface area contributed by atoms with Crippen LogP contribution >= 0.6 is 0 Å². The van der Waals surface area contributed by atoms with Gasteiger partial charge in [-0.05, 0) is 44.0 Å². The van der Waals surface area contributed by atoms with Crippen LogP contribution in [0.25, 0.3) is 0 Å². The van der Waals surface area contributed by atoms with Crippen LogP contribution in [0.2, 0.25) is 0 Å². The highest BCUT2D eigenvalue weighted by Gasteiger charge is 2.19. The largest absolute Gasteiger partial charge is 0.494 e. The van der Waals surface area contributed by atoms with Crippen molar-refractivity contribution in [2.45, 2.75) is 19.8 Å². The highest BCUT2D eigenvalue weighted by atomic mass is 16.5. The molecule has 2 aromatic rings. The van der Waals surface area contributed by atoms with E-state index in [9.17, 15) is 4.79 Å². The number of carbonyl (C=O) groups excluding carboxylic acids is 1. The fourth-order valence-electron chi connectivity index (χ4n) is 2.95. The lowest BCUT2D eigenvalue weighted by molar-refractivity contribution is 0.0950. The predicted octanol–water partition coefficient (Wildman–Crippen LogP) is 2.82. The Hall–Kier alpha value is -2.60. The summed E-state index contributed by atoms with van der Waals surface area (Å²) >= 11 is 0. The minimum absolute atomic E-state index is 0.0796. The number of carbonyl (C=O) groups is 1. The molecule has 0 radical (unpaired) electrons. The summed E-state index contributed by atoms with van der Waals surface area (Å²) in [6.45, 7) is 6.16. The van der Waals surface area contributed by atoms with Gasteiger partial charge in [0.1, 0.15) is 11.6 Å². The summed E-state index contributed by atoms with van der Waals surface area (Å²) in [5, 5.41) is 2.99.